The molecule has 0 aromatic heterocycles. The standard InChI is InChI=1S/C17H24N2OS/c1-5-15(12-21-4)19(3)17(20)16-11-13(2)8-9-14(16)7-6-10-18/h8-9,11,15H,5,10,12,18H2,1-4H3. The lowest BCUT2D eigenvalue weighted by Crippen LogP contribution is -2.38. The van der Waals surface area contributed by atoms with Gasteiger partial charge in [0.2, 0.25) is 0 Å². The van der Waals surface area contributed by atoms with Crippen LogP contribution in [-0.4, -0.2) is 42.4 Å². The number of thioether (sulfide) groups is 1. The van der Waals surface area contributed by atoms with E-state index in [2.05, 4.69) is 25.0 Å². The molecule has 0 aliphatic rings. The van der Waals surface area contributed by atoms with Gasteiger partial charge in [-0.1, -0.05) is 30.4 Å². The lowest BCUT2D eigenvalue weighted by molar-refractivity contribution is 0.0743. The molecular formula is C17H24N2OS. The van der Waals surface area contributed by atoms with E-state index in [1.165, 1.54) is 0 Å². The van der Waals surface area contributed by atoms with E-state index in [1.807, 2.05) is 37.1 Å². The van der Waals surface area contributed by atoms with E-state index in [0.29, 0.717) is 12.1 Å². The van der Waals surface area contributed by atoms with Crippen LogP contribution in [0.3, 0.4) is 0 Å². The quantitative estimate of drug-likeness (QED) is 0.850. The van der Waals surface area contributed by atoms with E-state index in [-0.39, 0.29) is 11.9 Å². The van der Waals surface area contributed by atoms with Crippen LogP contribution < -0.4 is 5.73 Å². The molecule has 21 heavy (non-hydrogen) atoms. The van der Waals surface area contributed by atoms with Crippen molar-refractivity contribution in [3.8, 4) is 11.8 Å². The second kappa shape index (κ2) is 8.76. The van der Waals surface area contributed by atoms with Crippen LogP contribution in [0.2, 0.25) is 0 Å². The molecule has 0 spiro atoms. The highest BCUT2D eigenvalue weighted by molar-refractivity contribution is 7.98. The summed E-state index contributed by atoms with van der Waals surface area (Å²) < 4.78 is 0. The zero-order chi connectivity index (χ0) is 15.8. The third-order valence-corrected chi connectivity index (χ3v) is 4.15. The number of hydrogen-bond donors (Lipinski definition) is 1. The second-order valence-electron chi connectivity index (χ2n) is 4.99. The van der Waals surface area contributed by atoms with Gasteiger partial charge in [-0.25, -0.2) is 0 Å². The van der Waals surface area contributed by atoms with Crippen LogP contribution in [0.25, 0.3) is 0 Å². The summed E-state index contributed by atoms with van der Waals surface area (Å²) in [6.07, 6.45) is 3.00. The highest BCUT2D eigenvalue weighted by Crippen LogP contribution is 2.17. The average molecular weight is 304 g/mol. The van der Waals surface area contributed by atoms with Gasteiger partial charge in [-0.15, -0.1) is 0 Å². The number of carbonyl (C=O) groups is 1. The number of benzene rings is 1. The van der Waals surface area contributed by atoms with Crippen LogP contribution in [0, 0.1) is 18.8 Å². The maximum atomic E-state index is 12.8. The van der Waals surface area contributed by atoms with Gasteiger partial charge in [0, 0.05) is 24.4 Å². The van der Waals surface area contributed by atoms with Crippen molar-refractivity contribution in [3.05, 3.63) is 34.9 Å². The molecule has 1 atom stereocenters. The molecule has 0 bridgehead atoms. The molecule has 1 unspecified atom stereocenters. The fourth-order valence-corrected chi connectivity index (χ4v) is 2.99. The Bertz CT molecular complexity index is 545. The highest BCUT2D eigenvalue weighted by atomic mass is 32.2. The Morgan fingerprint density at radius 1 is 1.48 bits per heavy atom. The topological polar surface area (TPSA) is 46.3 Å². The van der Waals surface area contributed by atoms with Crippen LogP contribution >= 0.6 is 11.8 Å². The third-order valence-electron chi connectivity index (χ3n) is 3.43. The number of carbonyl (C=O) groups excluding carboxylic acids is 1. The van der Waals surface area contributed by atoms with Crippen LogP contribution in [0.1, 0.15) is 34.8 Å². The summed E-state index contributed by atoms with van der Waals surface area (Å²) in [5.74, 6) is 6.79. The molecule has 0 fully saturated rings. The molecule has 0 saturated carbocycles. The molecule has 114 valence electrons. The predicted octanol–water partition coefficient (Wildman–Crippen LogP) is 2.52. The molecule has 3 nitrogen and oxygen atoms in total. The minimum absolute atomic E-state index is 0.0286. The van der Waals surface area contributed by atoms with Gasteiger partial charge in [-0.2, -0.15) is 11.8 Å². The SMILES string of the molecule is CCC(CSC)N(C)C(=O)c1cc(C)ccc1C#CCN. The van der Waals surface area contributed by atoms with E-state index in [9.17, 15) is 4.79 Å². The van der Waals surface area contributed by atoms with Gasteiger partial charge in [0.15, 0.2) is 0 Å². The van der Waals surface area contributed by atoms with Crippen LogP contribution in [0.5, 0.6) is 0 Å². The summed E-state index contributed by atoms with van der Waals surface area (Å²) in [6, 6.07) is 6.01. The summed E-state index contributed by atoms with van der Waals surface area (Å²) in [6.45, 7) is 4.38. The number of nitrogens with zero attached hydrogens (tertiary/aromatic N) is 1. The van der Waals surface area contributed by atoms with Crippen molar-refractivity contribution in [1.29, 1.82) is 0 Å². The summed E-state index contributed by atoms with van der Waals surface area (Å²) in [4.78, 5) is 14.6. The monoisotopic (exact) mass is 304 g/mol. The Hall–Kier alpha value is -1.44. The number of aryl methyl sites for hydroxylation is 1. The molecule has 2 N–H and O–H groups in total. The van der Waals surface area contributed by atoms with Crippen LogP contribution in [0.4, 0.5) is 0 Å². The third kappa shape index (κ3) is 4.80. The first-order valence-corrected chi connectivity index (χ1v) is 8.50. The Labute approximate surface area is 132 Å². The van der Waals surface area contributed by atoms with Gasteiger partial charge in [0.05, 0.1) is 12.1 Å². The van der Waals surface area contributed by atoms with Gasteiger partial charge in [0.1, 0.15) is 0 Å². The van der Waals surface area contributed by atoms with E-state index < -0.39 is 0 Å². The van der Waals surface area contributed by atoms with Gasteiger partial charge in [-0.05, 0) is 31.7 Å². The van der Waals surface area contributed by atoms with Crippen molar-refractivity contribution in [2.45, 2.75) is 26.3 Å². The summed E-state index contributed by atoms with van der Waals surface area (Å²) in [5.41, 5.74) is 7.90. The summed E-state index contributed by atoms with van der Waals surface area (Å²) in [5, 5.41) is 0. The molecule has 1 amide bonds. The van der Waals surface area contributed by atoms with Crippen molar-refractivity contribution >= 4 is 17.7 Å². The minimum Gasteiger partial charge on any atom is -0.338 e. The van der Waals surface area contributed by atoms with Gasteiger partial charge in [-0.3, -0.25) is 4.79 Å². The number of nitrogens with two attached hydrogens (primary N) is 1. The van der Waals surface area contributed by atoms with Crippen LogP contribution in [0.15, 0.2) is 18.2 Å². The molecular weight excluding hydrogens is 280 g/mol. The lowest BCUT2D eigenvalue weighted by atomic mass is 10.0. The Morgan fingerprint density at radius 2 is 2.19 bits per heavy atom. The van der Waals surface area contributed by atoms with Crippen molar-refractivity contribution in [3.63, 3.8) is 0 Å². The second-order valence-corrected chi connectivity index (χ2v) is 5.90. The van der Waals surface area contributed by atoms with E-state index in [0.717, 1.165) is 23.3 Å². The zero-order valence-electron chi connectivity index (χ0n) is 13.3. The number of rotatable bonds is 5. The summed E-state index contributed by atoms with van der Waals surface area (Å²) >= 11 is 1.76. The molecule has 0 aliphatic carbocycles. The van der Waals surface area contributed by atoms with Crippen LogP contribution in [-0.2, 0) is 0 Å². The van der Waals surface area contributed by atoms with Crippen molar-refractivity contribution in [2.24, 2.45) is 5.73 Å². The molecule has 4 heteroatoms. The maximum absolute atomic E-state index is 12.8. The van der Waals surface area contributed by atoms with E-state index in [1.54, 1.807) is 11.8 Å². The smallest absolute Gasteiger partial charge is 0.255 e. The molecule has 0 heterocycles. The molecule has 1 aromatic rings. The zero-order valence-corrected chi connectivity index (χ0v) is 14.1. The fraction of sp³-hybridized carbons (Fsp3) is 0.471. The normalized spacial score (nSPS) is 11.5. The Balaban J connectivity index is 3.13. The highest BCUT2D eigenvalue weighted by Gasteiger charge is 2.21. The first-order valence-electron chi connectivity index (χ1n) is 7.10. The maximum Gasteiger partial charge on any atom is 0.255 e. The van der Waals surface area contributed by atoms with Gasteiger partial charge in [0.25, 0.3) is 5.91 Å². The minimum atomic E-state index is 0.0286. The average Bonchev–Trinajstić information content (AvgIpc) is 2.49. The Kier molecular flexibility index (Phi) is 7.35. The molecule has 0 saturated heterocycles. The van der Waals surface area contributed by atoms with Gasteiger partial charge >= 0.3 is 0 Å². The van der Waals surface area contributed by atoms with E-state index >= 15 is 0 Å². The first-order chi connectivity index (χ1) is 10.0. The first kappa shape index (κ1) is 17.6. The van der Waals surface area contributed by atoms with E-state index in [4.69, 9.17) is 5.73 Å². The fourth-order valence-electron chi connectivity index (χ4n) is 2.14. The van der Waals surface area contributed by atoms with Gasteiger partial charge < -0.3 is 10.6 Å². The number of hydrogen-bond acceptors (Lipinski definition) is 3. The molecule has 1 aromatic carbocycles. The van der Waals surface area contributed by atoms with Crippen molar-refractivity contribution in [2.75, 3.05) is 25.6 Å². The predicted molar refractivity (Wildman–Crippen MR) is 91.7 cm³/mol. The number of amides is 1. The molecule has 0 radical (unpaired) electrons. The lowest BCUT2D eigenvalue weighted by Gasteiger charge is -2.27. The molecule has 0 aliphatic heterocycles. The summed E-state index contributed by atoms with van der Waals surface area (Å²) in [7, 11) is 1.87. The van der Waals surface area contributed by atoms with Crippen molar-refractivity contribution < 1.29 is 4.79 Å². The largest absolute Gasteiger partial charge is 0.338 e. The Morgan fingerprint density at radius 3 is 2.76 bits per heavy atom. The molecule has 1 rings (SSSR count). The van der Waals surface area contributed by atoms with Crippen molar-refractivity contribution in [1.82, 2.24) is 4.90 Å².